The van der Waals surface area contributed by atoms with E-state index in [0.29, 0.717) is 0 Å². The zero-order valence-electron chi connectivity index (χ0n) is 9.73. The number of ether oxygens (including phenoxy) is 1. The second kappa shape index (κ2) is 4.07. The summed E-state index contributed by atoms with van der Waals surface area (Å²) in [5, 5.41) is 19.6. The maximum Gasteiger partial charge on any atom is 0.119 e. The van der Waals surface area contributed by atoms with E-state index in [2.05, 4.69) is 0 Å². The third-order valence-electron chi connectivity index (χ3n) is 3.63. The van der Waals surface area contributed by atoms with Gasteiger partial charge in [-0.15, -0.1) is 0 Å². The highest BCUT2D eigenvalue weighted by atomic mass is 16.5. The number of hydrogen-bond acceptors (Lipinski definition) is 3. The number of benzene rings is 1. The normalized spacial score (nSPS) is 28.6. The molecule has 0 radical (unpaired) electrons. The average Bonchev–Trinajstić information content (AvgIpc) is 2.33. The Hall–Kier alpha value is -1.06. The number of methoxy groups -OCH3 is 1. The Kier molecular flexibility index (Phi) is 2.91. The van der Waals surface area contributed by atoms with Crippen LogP contribution < -0.4 is 4.74 Å². The minimum absolute atomic E-state index is 0.0135. The van der Waals surface area contributed by atoms with Gasteiger partial charge in [-0.3, -0.25) is 0 Å². The molecular formula is C13H18O3. The molecule has 0 spiro atoms. The molecule has 0 aliphatic heterocycles. The molecule has 1 aromatic carbocycles. The molecule has 1 aliphatic carbocycles. The van der Waals surface area contributed by atoms with E-state index in [9.17, 15) is 10.2 Å². The zero-order chi connectivity index (χ0) is 11.8. The summed E-state index contributed by atoms with van der Waals surface area (Å²) >= 11 is 0. The van der Waals surface area contributed by atoms with Crippen LogP contribution in [-0.4, -0.2) is 23.9 Å². The van der Waals surface area contributed by atoms with Crippen molar-refractivity contribution in [1.29, 1.82) is 0 Å². The molecular weight excluding hydrogens is 204 g/mol. The van der Waals surface area contributed by atoms with Gasteiger partial charge in [0.15, 0.2) is 0 Å². The van der Waals surface area contributed by atoms with Crippen LogP contribution in [0.1, 0.15) is 30.6 Å². The standard InChI is InChI=1S/C13H18O3/c1-13(8-14)6-5-9-7-10(16-2)3-4-11(9)12(13)15/h3-4,7,12,14-15H,5-6,8H2,1-2H3/t12-,13-/m1/s1. The lowest BCUT2D eigenvalue weighted by Crippen LogP contribution is -2.34. The maximum absolute atomic E-state index is 10.2. The van der Waals surface area contributed by atoms with Crippen molar-refractivity contribution in [2.45, 2.75) is 25.9 Å². The summed E-state index contributed by atoms with van der Waals surface area (Å²) in [6.07, 6.45) is 1.08. The molecule has 0 unspecified atom stereocenters. The van der Waals surface area contributed by atoms with Gasteiger partial charge in [0.05, 0.1) is 19.8 Å². The molecule has 2 atom stereocenters. The summed E-state index contributed by atoms with van der Waals surface area (Å²) in [5.41, 5.74) is 1.63. The fraction of sp³-hybridized carbons (Fsp3) is 0.538. The van der Waals surface area contributed by atoms with Gasteiger partial charge in [-0.25, -0.2) is 0 Å². The van der Waals surface area contributed by atoms with Crippen molar-refractivity contribution in [3.05, 3.63) is 29.3 Å². The zero-order valence-corrected chi connectivity index (χ0v) is 9.73. The average molecular weight is 222 g/mol. The lowest BCUT2D eigenvalue weighted by atomic mass is 9.71. The van der Waals surface area contributed by atoms with Crippen LogP contribution in [-0.2, 0) is 6.42 Å². The monoisotopic (exact) mass is 222 g/mol. The van der Waals surface area contributed by atoms with E-state index in [-0.39, 0.29) is 6.61 Å². The second-order valence-electron chi connectivity index (χ2n) is 4.78. The fourth-order valence-electron chi connectivity index (χ4n) is 2.29. The van der Waals surface area contributed by atoms with Crippen molar-refractivity contribution >= 4 is 0 Å². The number of fused-ring (bicyclic) bond motifs is 1. The minimum atomic E-state index is -0.591. The van der Waals surface area contributed by atoms with Gasteiger partial charge in [0, 0.05) is 5.41 Å². The largest absolute Gasteiger partial charge is 0.497 e. The molecule has 0 bridgehead atoms. The van der Waals surface area contributed by atoms with Crippen LogP contribution in [0.15, 0.2) is 18.2 Å². The molecule has 3 nitrogen and oxygen atoms in total. The lowest BCUT2D eigenvalue weighted by molar-refractivity contribution is -0.0201. The topological polar surface area (TPSA) is 49.7 Å². The van der Waals surface area contributed by atoms with Crippen LogP contribution in [0.5, 0.6) is 5.75 Å². The fourth-order valence-corrected chi connectivity index (χ4v) is 2.29. The van der Waals surface area contributed by atoms with Gasteiger partial charge >= 0.3 is 0 Å². The number of aryl methyl sites for hydroxylation is 1. The summed E-state index contributed by atoms with van der Waals surface area (Å²) in [6.45, 7) is 1.93. The van der Waals surface area contributed by atoms with Gasteiger partial charge in [-0.05, 0) is 36.1 Å². The summed E-state index contributed by atoms with van der Waals surface area (Å²) in [4.78, 5) is 0. The molecule has 0 saturated carbocycles. The smallest absolute Gasteiger partial charge is 0.119 e. The van der Waals surface area contributed by atoms with Crippen molar-refractivity contribution in [3.63, 3.8) is 0 Å². The highest BCUT2D eigenvalue weighted by Crippen LogP contribution is 2.44. The van der Waals surface area contributed by atoms with Crippen LogP contribution in [0.25, 0.3) is 0 Å². The Balaban J connectivity index is 2.39. The molecule has 0 fully saturated rings. The van der Waals surface area contributed by atoms with E-state index in [1.807, 2.05) is 25.1 Å². The van der Waals surface area contributed by atoms with Crippen molar-refractivity contribution in [2.24, 2.45) is 5.41 Å². The van der Waals surface area contributed by atoms with Crippen LogP contribution in [0.2, 0.25) is 0 Å². The van der Waals surface area contributed by atoms with Crippen LogP contribution in [0.3, 0.4) is 0 Å². The van der Waals surface area contributed by atoms with E-state index in [0.717, 1.165) is 29.7 Å². The van der Waals surface area contributed by atoms with Gasteiger partial charge in [0.25, 0.3) is 0 Å². The van der Waals surface area contributed by atoms with Crippen LogP contribution >= 0.6 is 0 Å². The van der Waals surface area contributed by atoms with E-state index in [4.69, 9.17) is 4.74 Å². The molecule has 0 heterocycles. The van der Waals surface area contributed by atoms with Gasteiger partial charge in [0.2, 0.25) is 0 Å². The first-order chi connectivity index (χ1) is 7.60. The third kappa shape index (κ3) is 1.70. The van der Waals surface area contributed by atoms with E-state index in [1.54, 1.807) is 7.11 Å². The van der Waals surface area contributed by atoms with Crippen molar-refractivity contribution in [2.75, 3.05) is 13.7 Å². The molecule has 1 aliphatic rings. The number of hydrogen-bond donors (Lipinski definition) is 2. The molecule has 3 heteroatoms. The third-order valence-corrected chi connectivity index (χ3v) is 3.63. The summed E-state index contributed by atoms with van der Waals surface area (Å²) in [6, 6.07) is 5.71. The Morgan fingerprint density at radius 3 is 2.88 bits per heavy atom. The van der Waals surface area contributed by atoms with Crippen LogP contribution in [0, 0.1) is 5.41 Å². The lowest BCUT2D eigenvalue weighted by Gasteiger charge is -2.38. The molecule has 0 aromatic heterocycles. The second-order valence-corrected chi connectivity index (χ2v) is 4.78. The highest BCUT2D eigenvalue weighted by Gasteiger charge is 2.38. The first kappa shape index (κ1) is 11.4. The first-order valence-electron chi connectivity index (χ1n) is 5.56. The Labute approximate surface area is 95.7 Å². The maximum atomic E-state index is 10.2. The van der Waals surface area contributed by atoms with E-state index < -0.39 is 11.5 Å². The predicted molar refractivity (Wildman–Crippen MR) is 61.5 cm³/mol. The Bertz CT molecular complexity index is 389. The number of aliphatic hydroxyl groups excluding tert-OH is 2. The van der Waals surface area contributed by atoms with Crippen molar-refractivity contribution < 1.29 is 14.9 Å². The van der Waals surface area contributed by atoms with E-state index >= 15 is 0 Å². The summed E-state index contributed by atoms with van der Waals surface area (Å²) in [5.74, 6) is 0.818. The molecule has 0 amide bonds. The molecule has 16 heavy (non-hydrogen) atoms. The molecule has 88 valence electrons. The molecule has 1 aromatic rings. The van der Waals surface area contributed by atoms with Crippen molar-refractivity contribution in [1.82, 2.24) is 0 Å². The quantitative estimate of drug-likeness (QED) is 0.800. The van der Waals surface area contributed by atoms with Gasteiger partial charge in [-0.1, -0.05) is 13.0 Å². The number of rotatable bonds is 2. The first-order valence-corrected chi connectivity index (χ1v) is 5.56. The Morgan fingerprint density at radius 2 is 2.25 bits per heavy atom. The predicted octanol–water partition coefficient (Wildman–Crippen LogP) is 1.67. The molecule has 2 rings (SSSR count). The van der Waals surface area contributed by atoms with Gasteiger partial charge < -0.3 is 14.9 Å². The molecule has 2 N–H and O–H groups in total. The molecule has 0 saturated heterocycles. The SMILES string of the molecule is COc1ccc2c(c1)CC[C@](C)(CO)[C@@H]2O. The van der Waals surface area contributed by atoms with E-state index in [1.165, 1.54) is 0 Å². The van der Waals surface area contributed by atoms with Gasteiger partial charge in [-0.2, -0.15) is 0 Å². The minimum Gasteiger partial charge on any atom is -0.497 e. The summed E-state index contributed by atoms with van der Waals surface area (Å²) in [7, 11) is 1.64. The van der Waals surface area contributed by atoms with Gasteiger partial charge in [0.1, 0.15) is 5.75 Å². The number of aliphatic hydroxyl groups is 2. The Morgan fingerprint density at radius 1 is 1.50 bits per heavy atom. The summed E-state index contributed by atoms with van der Waals surface area (Å²) < 4.78 is 5.16. The highest BCUT2D eigenvalue weighted by molar-refractivity contribution is 5.39. The van der Waals surface area contributed by atoms with Crippen molar-refractivity contribution in [3.8, 4) is 5.75 Å². The van der Waals surface area contributed by atoms with Crippen LogP contribution in [0.4, 0.5) is 0 Å².